The molecule has 0 spiro atoms. The third kappa shape index (κ3) is 9.72. The molecule has 1 saturated heterocycles. The summed E-state index contributed by atoms with van der Waals surface area (Å²) in [5.74, 6) is 0.404. The molecule has 1 N–H and O–H groups in total. The highest BCUT2D eigenvalue weighted by Crippen LogP contribution is 2.30. The van der Waals surface area contributed by atoms with E-state index >= 15 is 0 Å². The molecular weight excluding hydrogens is 547 g/mol. The molecule has 0 atom stereocenters. The van der Waals surface area contributed by atoms with Crippen LogP contribution in [0.5, 0.6) is 11.5 Å². The van der Waals surface area contributed by atoms with Gasteiger partial charge in [-0.15, -0.1) is 24.8 Å². The van der Waals surface area contributed by atoms with Gasteiger partial charge in [-0.3, -0.25) is 4.90 Å². The van der Waals surface area contributed by atoms with Gasteiger partial charge >= 0.3 is 5.97 Å². The predicted octanol–water partition coefficient (Wildman–Crippen LogP) is 6.37. The van der Waals surface area contributed by atoms with Crippen LogP contribution in [0.3, 0.4) is 0 Å². The maximum atomic E-state index is 10.6. The number of methoxy groups -OCH3 is 1. The Morgan fingerprint density at radius 1 is 0.875 bits per heavy atom. The summed E-state index contributed by atoms with van der Waals surface area (Å²) in [6, 6.07) is 27.6. The lowest BCUT2D eigenvalue weighted by atomic mass is 9.96. The highest BCUT2D eigenvalue weighted by Gasteiger charge is 2.26. The van der Waals surface area contributed by atoms with E-state index in [1.165, 1.54) is 17.2 Å². The minimum atomic E-state index is -0.971. The lowest BCUT2D eigenvalue weighted by molar-refractivity contribution is -0.131. The number of piperazine rings is 1. The number of carboxylic acid groups (broad SMARTS) is 1. The summed E-state index contributed by atoms with van der Waals surface area (Å²) in [6.45, 7) is 5.74. The molecule has 4 rings (SSSR count). The van der Waals surface area contributed by atoms with Crippen molar-refractivity contribution in [2.75, 3.05) is 46.4 Å². The quantitative estimate of drug-likeness (QED) is 0.152. The van der Waals surface area contributed by atoms with Crippen molar-refractivity contribution < 1.29 is 19.4 Å². The first-order valence-electron chi connectivity index (χ1n) is 13.1. The van der Waals surface area contributed by atoms with E-state index in [4.69, 9.17) is 14.6 Å². The number of halogens is 2. The van der Waals surface area contributed by atoms with Crippen LogP contribution in [-0.2, 0) is 4.79 Å². The van der Waals surface area contributed by atoms with Crippen LogP contribution in [0.1, 0.15) is 29.2 Å². The number of rotatable bonds is 12. The van der Waals surface area contributed by atoms with Gasteiger partial charge < -0.3 is 19.5 Å². The number of carbonyl (C=O) groups is 1. The first kappa shape index (κ1) is 32.9. The maximum absolute atomic E-state index is 10.6. The Hall–Kier alpha value is -3.29. The van der Waals surface area contributed by atoms with Gasteiger partial charge in [0, 0.05) is 38.8 Å². The Morgan fingerprint density at radius 3 is 2.08 bits per heavy atom. The van der Waals surface area contributed by atoms with Crippen LogP contribution in [0, 0.1) is 0 Å². The summed E-state index contributed by atoms with van der Waals surface area (Å²) in [4.78, 5) is 15.7. The number of nitrogens with zero attached hydrogens (tertiary/aromatic N) is 2. The topological polar surface area (TPSA) is 62.2 Å². The van der Waals surface area contributed by atoms with Gasteiger partial charge in [0.2, 0.25) is 0 Å². The van der Waals surface area contributed by atoms with E-state index in [1.54, 1.807) is 13.2 Å². The Balaban J connectivity index is 0.00000280. The summed E-state index contributed by atoms with van der Waals surface area (Å²) in [6.07, 6.45) is 7.03. The number of benzene rings is 3. The van der Waals surface area contributed by atoms with Gasteiger partial charge in [0.05, 0.1) is 19.8 Å². The molecule has 1 fully saturated rings. The second-order valence-electron chi connectivity index (χ2n) is 9.27. The average Bonchev–Trinajstić information content (AvgIpc) is 2.96. The van der Waals surface area contributed by atoms with E-state index < -0.39 is 5.97 Å². The first-order chi connectivity index (χ1) is 18.6. The van der Waals surface area contributed by atoms with Gasteiger partial charge in [0.15, 0.2) is 11.5 Å². The minimum Gasteiger partial charge on any atom is -0.493 e. The van der Waals surface area contributed by atoms with Gasteiger partial charge in [-0.1, -0.05) is 85.0 Å². The fraction of sp³-hybridized carbons (Fsp3) is 0.281. The molecule has 3 aromatic rings. The number of allylic oxidation sites excluding steroid dienone is 2. The SMILES string of the molecule is COc1cc(C=CC=CC(=O)O)ccc1OCCCN1CCN(C(c2ccccc2)c2ccccc2)CC1.Cl.Cl. The number of ether oxygens (including phenoxy) is 2. The van der Waals surface area contributed by atoms with Crippen molar-refractivity contribution in [1.29, 1.82) is 0 Å². The van der Waals surface area contributed by atoms with E-state index in [-0.39, 0.29) is 30.9 Å². The zero-order valence-electron chi connectivity index (χ0n) is 22.7. The molecule has 0 bridgehead atoms. The molecule has 0 unspecified atom stereocenters. The van der Waals surface area contributed by atoms with E-state index in [0.29, 0.717) is 18.1 Å². The van der Waals surface area contributed by atoms with E-state index in [1.807, 2.05) is 24.3 Å². The molecule has 1 aliphatic rings. The highest BCUT2D eigenvalue weighted by molar-refractivity contribution is 5.85. The first-order valence-corrected chi connectivity index (χ1v) is 13.1. The summed E-state index contributed by atoms with van der Waals surface area (Å²) in [7, 11) is 1.62. The van der Waals surface area contributed by atoms with E-state index in [9.17, 15) is 4.79 Å². The molecule has 1 aliphatic heterocycles. The Morgan fingerprint density at radius 2 is 1.50 bits per heavy atom. The molecule has 214 valence electrons. The van der Waals surface area contributed by atoms with Crippen molar-refractivity contribution in [2.45, 2.75) is 12.5 Å². The summed E-state index contributed by atoms with van der Waals surface area (Å²) >= 11 is 0. The van der Waals surface area contributed by atoms with Crippen LogP contribution in [0.25, 0.3) is 6.08 Å². The number of aliphatic carboxylic acids is 1. The van der Waals surface area contributed by atoms with Crippen LogP contribution >= 0.6 is 24.8 Å². The van der Waals surface area contributed by atoms with Crippen molar-refractivity contribution >= 4 is 36.9 Å². The van der Waals surface area contributed by atoms with Crippen molar-refractivity contribution in [3.63, 3.8) is 0 Å². The van der Waals surface area contributed by atoms with Gasteiger partial charge in [-0.2, -0.15) is 0 Å². The van der Waals surface area contributed by atoms with Gasteiger partial charge in [-0.05, 0) is 35.2 Å². The molecule has 0 radical (unpaired) electrons. The molecule has 0 aromatic heterocycles. The Labute approximate surface area is 249 Å². The summed E-state index contributed by atoms with van der Waals surface area (Å²) in [5.41, 5.74) is 3.59. The Kier molecular flexibility index (Phi) is 14.3. The normalized spacial score (nSPS) is 14.2. The van der Waals surface area contributed by atoms with E-state index in [0.717, 1.165) is 50.8 Å². The molecular formula is C32H38Cl2N2O4. The molecule has 0 saturated carbocycles. The van der Waals surface area contributed by atoms with E-state index in [2.05, 4.69) is 70.5 Å². The highest BCUT2D eigenvalue weighted by atomic mass is 35.5. The standard InChI is InChI=1S/C32H36N2O4.2ClH/c1-37-30-25-26(11-8-9-16-31(35)36)17-18-29(30)38-24-10-19-33-20-22-34(23-21-33)32(27-12-4-2-5-13-27)28-14-6-3-7-15-28;;/h2-9,11-18,25,32H,10,19-24H2,1H3,(H,35,36);2*1H. The van der Waals surface area contributed by atoms with Crippen molar-refractivity contribution in [3.8, 4) is 11.5 Å². The lowest BCUT2D eigenvalue weighted by Gasteiger charge is -2.39. The van der Waals surface area contributed by atoms with Crippen LogP contribution in [0.4, 0.5) is 0 Å². The van der Waals surface area contributed by atoms with Crippen LogP contribution in [-0.4, -0.2) is 67.3 Å². The average molecular weight is 586 g/mol. The van der Waals surface area contributed by atoms with Gasteiger partial charge in [0.1, 0.15) is 0 Å². The second-order valence-corrected chi connectivity index (χ2v) is 9.27. The molecule has 1 heterocycles. The zero-order chi connectivity index (χ0) is 26.6. The molecule has 8 heteroatoms. The zero-order valence-corrected chi connectivity index (χ0v) is 24.4. The largest absolute Gasteiger partial charge is 0.493 e. The molecule has 6 nitrogen and oxygen atoms in total. The van der Waals surface area contributed by atoms with Crippen LogP contribution in [0.2, 0.25) is 0 Å². The molecule has 0 amide bonds. The minimum absolute atomic E-state index is 0. The van der Waals surface area contributed by atoms with Crippen molar-refractivity contribution in [3.05, 3.63) is 114 Å². The van der Waals surface area contributed by atoms with Crippen LogP contribution in [0.15, 0.2) is 97.1 Å². The van der Waals surface area contributed by atoms with Crippen LogP contribution < -0.4 is 9.47 Å². The smallest absolute Gasteiger partial charge is 0.328 e. The monoisotopic (exact) mass is 584 g/mol. The van der Waals surface area contributed by atoms with Gasteiger partial charge in [-0.25, -0.2) is 4.79 Å². The Bertz CT molecular complexity index is 1170. The molecule has 40 heavy (non-hydrogen) atoms. The lowest BCUT2D eigenvalue weighted by Crippen LogP contribution is -2.48. The van der Waals surface area contributed by atoms with Crippen molar-refractivity contribution in [1.82, 2.24) is 9.80 Å². The number of hydrogen-bond donors (Lipinski definition) is 1. The molecule has 3 aromatic carbocycles. The number of carboxylic acids is 1. The van der Waals surface area contributed by atoms with Crippen molar-refractivity contribution in [2.24, 2.45) is 0 Å². The third-order valence-corrected chi connectivity index (χ3v) is 6.71. The third-order valence-electron chi connectivity index (χ3n) is 6.71. The van der Waals surface area contributed by atoms with Gasteiger partial charge in [0.25, 0.3) is 0 Å². The fourth-order valence-corrected chi connectivity index (χ4v) is 4.81. The second kappa shape index (κ2) is 17.4. The summed E-state index contributed by atoms with van der Waals surface area (Å²) in [5, 5.41) is 8.67. The maximum Gasteiger partial charge on any atom is 0.328 e. The molecule has 0 aliphatic carbocycles. The predicted molar refractivity (Wildman–Crippen MR) is 166 cm³/mol. The fourth-order valence-electron chi connectivity index (χ4n) is 4.81. The number of hydrogen-bond acceptors (Lipinski definition) is 5. The summed E-state index contributed by atoms with van der Waals surface area (Å²) < 4.78 is 11.5.